The van der Waals surface area contributed by atoms with Crippen molar-refractivity contribution in [3.8, 4) is 0 Å². The molecule has 2 atom stereocenters. The SMILES string of the molecule is C[C@H](NC(=O)CCCn1cnc2ccccc2c1=O)[C@@H]1CCCO1. The summed E-state index contributed by atoms with van der Waals surface area (Å²) in [5, 5.41) is 3.59. The van der Waals surface area contributed by atoms with Gasteiger partial charge in [-0.05, 0) is 38.3 Å². The summed E-state index contributed by atoms with van der Waals surface area (Å²) in [6, 6.07) is 7.32. The standard InChI is InChI=1S/C18H23N3O3/c1-13(16-8-5-11-24-16)20-17(22)9-4-10-21-12-19-15-7-3-2-6-14(15)18(21)23/h2-3,6-7,12-13,16H,4-5,8-11H2,1H3,(H,20,22)/t13-,16-/m0/s1. The molecule has 1 aliphatic rings. The smallest absolute Gasteiger partial charge is 0.261 e. The number of nitrogens with one attached hydrogen (secondary N) is 1. The van der Waals surface area contributed by atoms with Gasteiger partial charge in [-0.25, -0.2) is 4.98 Å². The summed E-state index contributed by atoms with van der Waals surface area (Å²) in [6.07, 6.45) is 4.72. The zero-order chi connectivity index (χ0) is 16.9. The number of aryl methyl sites for hydroxylation is 1. The van der Waals surface area contributed by atoms with Crippen molar-refractivity contribution < 1.29 is 9.53 Å². The van der Waals surface area contributed by atoms with E-state index < -0.39 is 0 Å². The van der Waals surface area contributed by atoms with Crippen molar-refractivity contribution in [1.29, 1.82) is 0 Å². The van der Waals surface area contributed by atoms with Crippen LogP contribution < -0.4 is 10.9 Å². The minimum absolute atomic E-state index is 0.000188. The number of carbonyl (C=O) groups is 1. The van der Waals surface area contributed by atoms with Crippen LogP contribution in [-0.4, -0.2) is 34.2 Å². The van der Waals surface area contributed by atoms with Crippen molar-refractivity contribution in [1.82, 2.24) is 14.9 Å². The number of rotatable bonds is 6. The molecule has 2 heterocycles. The average Bonchev–Trinajstić information content (AvgIpc) is 3.12. The van der Waals surface area contributed by atoms with E-state index in [0.29, 0.717) is 30.3 Å². The number of hydrogen-bond acceptors (Lipinski definition) is 4. The van der Waals surface area contributed by atoms with Crippen LogP contribution in [0.1, 0.15) is 32.6 Å². The number of fused-ring (bicyclic) bond motifs is 1. The molecule has 0 aliphatic carbocycles. The lowest BCUT2D eigenvalue weighted by molar-refractivity contribution is -0.122. The number of aromatic nitrogens is 2. The van der Waals surface area contributed by atoms with Crippen LogP contribution in [0.2, 0.25) is 0 Å². The third-order valence-corrected chi connectivity index (χ3v) is 4.45. The lowest BCUT2D eigenvalue weighted by Crippen LogP contribution is -2.40. The van der Waals surface area contributed by atoms with E-state index in [1.54, 1.807) is 17.0 Å². The molecular weight excluding hydrogens is 306 g/mol. The predicted octanol–water partition coefficient (Wildman–Crippen LogP) is 1.86. The van der Waals surface area contributed by atoms with E-state index in [4.69, 9.17) is 4.74 Å². The summed E-state index contributed by atoms with van der Waals surface area (Å²) in [7, 11) is 0. The summed E-state index contributed by atoms with van der Waals surface area (Å²) < 4.78 is 7.15. The zero-order valence-corrected chi connectivity index (χ0v) is 13.9. The molecule has 1 fully saturated rings. The predicted molar refractivity (Wildman–Crippen MR) is 91.8 cm³/mol. The minimum Gasteiger partial charge on any atom is -0.376 e. The molecular formula is C18H23N3O3. The fourth-order valence-corrected chi connectivity index (χ4v) is 3.09. The Hall–Kier alpha value is -2.21. The Morgan fingerprint density at radius 1 is 1.46 bits per heavy atom. The number of para-hydroxylation sites is 1. The van der Waals surface area contributed by atoms with Gasteiger partial charge in [0.05, 0.1) is 29.4 Å². The quantitative estimate of drug-likeness (QED) is 0.878. The number of carbonyl (C=O) groups excluding carboxylic acids is 1. The lowest BCUT2D eigenvalue weighted by atomic mass is 10.1. The van der Waals surface area contributed by atoms with Gasteiger partial charge >= 0.3 is 0 Å². The average molecular weight is 329 g/mol. The normalized spacial score (nSPS) is 18.6. The van der Waals surface area contributed by atoms with Gasteiger partial charge in [0.15, 0.2) is 0 Å². The van der Waals surface area contributed by atoms with Crippen LogP contribution in [0.15, 0.2) is 35.4 Å². The summed E-state index contributed by atoms with van der Waals surface area (Å²) >= 11 is 0. The Kier molecular flexibility index (Phi) is 5.25. The molecule has 1 aliphatic heterocycles. The van der Waals surface area contributed by atoms with E-state index in [1.807, 2.05) is 25.1 Å². The minimum atomic E-state index is -0.0614. The summed E-state index contributed by atoms with van der Waals surface area (Å²) in [5.74, 6) is -0.000188. The lowest BCUT2D eigenvalue weighted by Gasteiger charge is -2.20. The number of amides is 1. The van der Waals surface area contributed by atoms with E-state index in [2.05, 4.69) is 10.3 Å². The molecule has 1 aromatic carbocycles. The number of ether oxygens (including phenoxy) is 1. The molecule has 24 heavy (non-hydrogen) atoms. The Morgan fingerprint density at radius 2 is 2.29 bits per heavy atom. The molecule has 6 heteroatoms. The summed E-state index contributed by atoms with van der Waals surface area (Å²) in [6.45, 7) is 3.24. The Morgan fingerprint density at radius 3 is 3.08 bits per heavy atom. The first-order chi connectivity index (χ1) is 11.6. The highest BCUT2D eigenvalue weighted by molar-refractivity contribution is 5.77. The first-order valence-corrected chi connectivity index (χ1v) is 8.50. The maximum absolute atomic E-state index is 12.4. The molecule has 1 aromatic heterocycles. The third kappa shape index (κ3) is 3.82. The van der Waals surface area contributed by atoms with Crippen molar-refractivity contribution in [3.63, 3.8) is 0 Å². The van der Waals surface area contributed by atoms with Gasteiger partial charge in [-0.2, -0.15) is 0 Å². The molecule has 0 radical (unpaired) electrons. The third-order valence-electron chi connectivity index (χ3n) is 4.45. The van der Waals surface area contributed by atoms with Gasteiger partial charge in [-0.3, -0.25) is 14.2 Å². The van der Waals surface area contributed by atoms with Crippen LogP contribution in [0.25, 0.3) is 10.9 Å². The Labute approximate surface area is 140 Å². The van der Waals surface area contributed by atoms with Crippen molar-refractivity contribution in [2.24, 2.45) is 0 Å². The van der Waals surface area contributed by atoms with Gasteiger partial charge in [0.2, 0.25) is 5.91 Å². The summed E-state index contributed by atoms with van der Waals surface area (Å²) in [5.41, 5.74) is 0.635. The molecule has 1 amide bonds. The Bertz CT molecular complexity index is 765. The molecule has 6 nitrogen and oxygen atoms in total. The molecule has 0 spiro atoms. The fraction of sp³-hybridized carbons (Fsp3) is 0.500. The van der Waals surface area contributed by atoms with E-state index in [-0.39, 0.29) is 23.6 Å². The maximum atomic E-state index is 12.4. The van der Waals surface area contributed by atoms with Crippen LogP contribution >= 0.6 is 0 Å². The molecule has 1 N–H and O–H groups in total. The molecule has 0 bridgehead atoms. The molecule has 1 saturated heterocycles. The molecule has 3 rings (SSSR count). The van der Waals surface area contributed by atoms with Crippen molar-refractivity contribution in [2.75, 3.05) is 6.61 Å². The summed E-state index contributed by atoms with van der Waals surface area (Å²) in [4.78, 5) is 28.7. The second-order valence-electron chi connectivity index (χ2n) is 6.27. The highest BCUT2D eigenvalue weighted by Crippen LogP contribution is 2.15. The molecule has 0 saturated carbocycles. The highest BCUT2D eigenvalue weighted by Gasteiger charge is 2.23. The highest BCUT2D eigenvalue weighted by atomic mass is 16.5. The Balaban J connectivity index is 1.52. The molecule has 128 valence electrons. The van der Waals surface area contributed by atoms with Gasteiger partial charge in [0.1, 0.15) is 0 Å². The van der Waals surface area contributed by atoms with Gasteiger partial charge < -0.3 is 10.1 Å². The number of nitrogens with zero attached hydrogens (tertiary/aromatic N) is 2. The van der Waals surface area contributed by atoms with Crippen molar-refractivity contribution in [3.05, 3.63) is 40.9 Å². The number of hydrogen-bond donors (Lipinski definition) is 1. The zero-order valence-electron chi connectivity index (χ0n) is 13.9. The van der Waals surface area contributed by atoms with Crippen molar-refractivity contribution in [2.45, 2.75) is 51.3 Å². The second kappa shape index (κ2) is 7.57. The van der Waals surface area contributed by atoms with Gasteiger partial charge in [0, 0.05) is 19.6 Å². The molecule has 2 aromatic rings. The van der Waals surface area contributed by atoms with Crippen LogP contribution in [0.3, 0.4) is 0 Å². The van der Waals surface area contributed by atoms with Crippen LogP contribution in [0.5, 0.6) is 0 Å². The van der Waals surface area contributed by atoms with E-state index in [1.165, 1.54) is 0 Å². The second-order valence-corrected chi connectivity index (χ2v) is 6.27. The van der Waals surface area contributed by atoms with Crippen LogP contribution in [0, 0.1) is 0 Å². The van der Waals surface area contributed by atoms with Gasteiger partial charge in [-0.1, -0.05) is 12.1 Å². The first-order valence-electron chi connectivity index (χ1n) is 8.50. The molecule has 0 unspecified atom stereocenters. The maximum Gasteiger partial charge on any atom is 0.261 e. The van der Waals surface area contributed by atoms with E-state index in [9.17, 15) is 9.59 Å². The monoisotopic (exact) mass is 329 g/mol. The van der Waals surface area contributed by atoms with Gasteiger partial charge in [-0.15, -0.1) is 0 Å². The fourth-order valence-electron chi connectivity index (χ4n) is 3.09. The topological polar surface area (TPSA) is 73.2 Å². The van der Waals surface area contributed by atoms with E-state index >= 15 is 0 Å². The van der Waals surface area contributed by atoms with Crippen molar-refractivity contribution >= 4 is 16.8 Å². The van der Waals surface area contributed by atoms with Crippen LogP contribution in [0.4, 0.5) is 0 Å². The largest absolute Gasteiger partial charge is 0.376 e. The van der Waals surface area contributed by atoms with E-state index in [0.717, 1.165) is 19.4 Å². The van der Waals surface area contributed by atoms with Gasteiger partial charge in [0.25, 0.3) is 5.56 Å². The number of benzene rings is 1. The first kappa shape index (κ1) is 16.6. The van der Waals surface area contributed by atoms with Crippen LogP contribution in [-0.2, 0) is 16.1 Å².